The summed E-state index contributed by atoms with van der Waals surface area (Å²) >= 11 is 0. The van der Waals surface area contributed by atoms with Gasteiger partial charge in [0, 0.05) is 12.3 Å². The molecule has 3 rings (SSSR count). The number of benzene rings is 2. The van der Waals surface area contributed by atoms with Gasteiger partial charge in [0.2, 0.25) is 0 Å². The first-order valence-electron chi connectivity index (χ1n) is 6.63. The SMILES string of the molecule is O=c1ccc(-c2ccccc2)cn1Cc1ccccc1. The standard InChI is InChI=1S/C18H15NO/c20-18-12-11-17(16-9-5-2-6-10-16)14-19(18)13-15-7-3-1-4-8-15/h1-12,14H,13H2. The predicted octanol–water partition coefficient (Wildman–Crippen LogP) is 3.56. The van der Waals surface area contributed by atoms with Crippen molar-refractivity contribution >= 4 is 0 Å². The quantitative estimate of drug-likeness (QED) is 0.706. The van der Waals surface area contributed by atoms with Crippen LogP contribution in [0, 0.1) is 0 Å². The molecular formula is C18H15NO. The van der Waals surface area contributed by atoms with E-state index in [1.807, 2.05) is 72.9 Å². The highest BCUT2D eigenvalue weighted by Gasteiger charge is 2.02. The van der Waals surface area contributed by atoms with Gasteiger partial charge in [0.25, 0.3) is 5.56 Å². The van der Waals surface area contributed by atoms with Crippen molar-refractivity contribution in [1.82, 2.24) is 4.57 Å². The van der Waals surface area contributed by atoms with Gasteiger partial charge in [-0.25, -0.2) is 0 Å². The summed E-state index contributed by atoms with van der Waals surface area (Å²) in [5.74, 6) is 0. The van der Waals surface area contributed by atoms with Gasteiger partial charge in [-0.3, -0.25) is 4.79 Å². The van der Waals surface area contributed by atoms with Gasteiger partial charge in [-0.15, -0.1) is 0 Å². The van der Waals surface area contributed by atoms with E-state index in [1.165, 1.54) is 0 Å². The van der Waals surface area contributed by atoms with Crippen LogP contribution in [0.5, 0.6) is 0 Å². The van der Waals surface area contributed by atoms with Crippen molar-refractivity contribution in [3.63, 3.8) is 0 Å². The molecule has 0 spiro atoms. The molecule has 0 N–H and O–H groups in total. The molecular weight excluding hydrogens is 246 g/mol. The molecule has 0 amide bonds. The fraction of sp³-hybridized carbons (Fsp3) is 0.0556. The third-order valence-electron chi connectivity index (χ3n) is 3.29. The van der Waals surface area contributed by atoms with Crippen LogP contribution in [0.25, 0.3) is 11.1 Å². The first-order chi connectivity index (χ1) is 9.83. The number of aromatic nitrogens is 1. The smallest absolute Gasteiger partial charge is 0.250 e. The highest BCUT2D eigenvalue weighted by molar-refractivity contribution is 5.61. The molecule has 0 saturated carbocycles. The highest BCUT2D eigenvalue weighted by atomic mass is 16.1. The molecule has 0 radical (unpaired) electrons. The normalized spacial score (nSPS) is 10.4. The number of nitrogens with zero attached hydrogens (tertiary/aromatic N) is 1. The predicted molar refractivity (Wildman–Crippen MR) is 81.7 cm³/mol. The van der Waals surface area contributed by atoms with Gasteiger partial charge in [-0.1, -0.05) is 60.7 Å². The first kappa shape index (κ1) is 12.4. The second-order valence-corrected chi connectivity index (χ2v) is 4.74. The van der Waals surface area contributed by atoms with Crippen molar-refractivity contribution in [2.45, 2.75) is 6.54 Å². The van der Waals surface area contributed by atoms with Crippen LogP contribution in [0.15, 0.2) is 83.8 Å². The lowest BCUT2D eigenvalue weighted by Crippen LogP contribution is -2.19. The van der Waals surface area contributed by atoms with Crippen molar-refractivity contribution in [3.05, 3.63) is 94.9 Å². The minimum atomic E-state index is 0.0218. The molecule has 0 atom stereocenters. The van der Waals surface area contributed by atoms with Crippen LogP contribution >= 0.6 is 0 Å². The summed E-state index contributed by atoms with van der Waals surface area (Å²) in [5, 5.41) is 0. The Hall–Kier alpha value is -2.61. The molecule has 2 aromatic carbocycles. The van der Waals surface area contributed by atoms with Crippen molar-refractivity contribution in [2.24, 2.45) is 0 Å². The van der Waals surface area contributed by atoms with E-state index in [2.05, 4.69) is 0 Å². The number of pyridine rings is 1. The molecule has 3 aromatic rings. The fourth-order valence-electron chi connectivity index (χ4n) is 2.24. The second kappa shape index (κ2) is 5.57. The van der Waals surface area contributed by atoms with E-state index in [1.54, 1.807) is 10.6 Å². The summed E-state index contributed by atoms with van der Waals surface area (Å²) in [6.07, 6.45) is 1.92. The molecule has 2 heteroatoms. The summed E-state index contributed by atoms with van der Waals surface area (Å²) < 4.78 is 1.75. The van der Waals surface area contributed by atoms with Crippen molar-refractivity contribution in [3.8, 4) is 11.1 Å². The third-order valence-corrected chi connectivity index (χ3v) is 3.29. The Kier molecular flexibility index (Phi) is 3.46. The molecule has 0 aliphatic rings. The van der Waals surface area contributed by atoms with E-state index in [9.17, 15) is 4.79 Å². The zero-order valence-electron chi connectivity index (χ0n) is 11.1. The topological polar surface area (TPSA) is 22.0 Å². The molecule has 0 aliphatic heterocycles. The van der Waals surface area contributed by atoms with Crippen molar-refractivity contribution in [2.75, 3.05) is 0 Å². The van der Waals surface area contributed by atoms with E-state index in [4.69, 9.17) is 0 Å². The average Bonchev–Trinajstić information content (AvgIpc) is 2.51. The van der Waals surface area contributed by atoms with Gasteiger partial charge in [-0.2, -0.15) is 0 Å². The van der Waals surface area contributed by atoms with Gasteiger partial charge in [-0.05, 0) is 22.8 Å². The van der Waals surface area contributed by atoms with Gasteiger partial charge >= 0.3 is 0 Å². The van der Waals surface area contributed by atoms with Crippen LogP contribution in [-0.4, -0.2) is 4.57 Å². The molecule has 1 heterocycles. The van der Waals surface area contributed by atoms with E-state index < -0.39 is 0 Å². The molecule has 2 nitrogen and oxygen atoms in total. The maximum Gasteiger partial charge on any atom is 0.250 e. The van der Waals surface area contributed by atoms with Gasteiger partial charge in [0.15, 0.2) is 0 Å². The Morgan fingerprint density at radius 1 is 0.700 bits per heavy atom. The van der Waals surface area contributed by atoms with E-state index in [0.29, 0.717) is 6.54 Å². The number of hydrogen-bond acceptors (Lipinski definition) is 1. The molecule has 1 aromatic heterocycles. The lowest BCUT2D eigenvalue weighted by Gasteiger charge is -2.08. The summed E-state index contributed by atoms with van der Waals surface area (Å²) in [6.45, 7) is 0.598. The molecule has 0 unspecified atom stereocenters. The minimum Gasteiger partial charge on any atom is -0.310 e. The molecule has 0 bridgehead atoms. The molecule has 0 saturated heterocycles. The van der Waals surface area contributed by atoms with Crippen LogP contribution in [0.1, 0.15) is 5.56 Å². The Labute approximate surface area is 118 Å². The van der Waals surface area contributed by atoms with Crippen LogP contribution in [0.3, 0.4) is 0 Å². The molecule has 98 valence electrons. The lowest BCUT2D eigenvalue weighted by atomic mass is 10.1. The van der Waals surface area contributed by atoms with Gasteiger partial charge in [0.1, 0.15) is 0 Å². The first-order valence-corrected chi connectivity index (χ1v) is 6.63. The van der Waals surface area contributed by atoms with Crippen LogP contribution < -0.4 is 5.56 Å². The lowest BCUT2D eigenvalue weighted by molar-refractivity contribution is 0.761. The van der Waals surface area contributed by atoms with Gasteiger partial charge < -0.3 is 4.57 Å². The Morgan fingerprint density at radius 2 is 1.35 bits per heavy atom. The van der Waals surface area contributed by atoms with Gasteiger partial charge in [0.05, 0.1) is 6.54 Å². The van der Waals surface area contributed by atoms with E-state index in [0.717, 1.165) is 16.7 Å². The Balaban J connectivity index is 1.98. The summed E-state index contributed by atoms with van der Waals surface area (Å²) in [4.78, 5) is 12.0. The molecule has 20 heavy (non-hydrogen) atoms. The van der Waals surface area contributed by atoms with Crippen LogP contribution in [0.4, 0.5) is 0 Å². The Morgan fingerprint density at radius 3 is 2.05 bits per heavy atom. The third kappa shape index (κ3) is 2.69. The maximum atomic E-state index is 12.0. The van der Waals surface area contributed by atoms with E-state index in [-0.39, 0.29) is 5.56 Å². The number of rotatable bonds is 3. The van der Waals surface area contributed by atoms with E-state index >= 15 is 0 Å². The number of hydrogen-bond donors (Lipinski definition) is 0. The monoisotopic (exact) mass is 261 g/mol. The summed E-state index contributed by atoms with van der Waals surface area (Å²) in [6, 6.07) is 23.6. The summed E-state index contributed by atoms with van der Waals surface area (Å²) in [5.41, 5.74) is 3.32. The minimum absolute atomic E-state index is 0.0218. The van der Waals surface area contributed by atoms with Crippen molar-refractivity contribution < 1.29 is 0 Å². The average molecular weight is 261 g/mol. The zero-order chi connectivity index (χ0) is 13.8. The summed E-state index contributed by atoms with van der Waals surface area (Å²) in [7, 11) is 0. The second-order valence-electron chi connectivity index (χ2n) is 4.74. The highest BCUT2D eigenvalue weighted by Crippen LogP contribution is 2.17. The van der Waals surface area contributed by atoms with Crippen LogP contribution in [0.2, 0.25) is 0 Å². The largest absolute Gasteiger partial charge is 0.310 e. The van der Waals surface area contributed by atoms with Crippen molar-refractivity contribution in [1.29, 1.82) is 0 Å². The molecule has 0 aliphatic carbocycles. The van der Waals surface area contributed by atoms with Crippen LogP contribution in [-0.2, 0) is 6.54 Å². The Bertz CT molecular complexity index is 745. The fourth-order valence-corrected chi connectivity index (χ4v) is 2.24. The maximum absolute atomic E-state index is 12.0. The zero-order valence-corrected chi connectivity index (χ0v) is 11.1. The molecule has 0 fully saturated rings.